The number of aromatic nitrogens is 1. The Labute approximate surface area is 306 Å². The predicted molar refractivity (Wildman–Crippen MR) is 217 cm³/mol. The molecule has 3 aliphatic heterocycles. The lowest BCUT2D eigenvalue weighted by atomic mass is 9.63. The van der Waals surface area contributed by atoms with Crippen molar-refractivity contribution in [3.8, 4) is 5.69 Å². The van der Waals surface area contributed by atoms with Crippen molar-refractivity contribution in [2.75, 3.05) is 42.1 Å². The first-order chi connectivity index (χ1) is 25.2. The van der Waals surface area contributed by atoms with E-state index in [-0.39, 0.29) is 5.41 Å². The number of anilines is 4. The maximum atomic E-state index is 2.55. The highest BCUT2D eigenvalue weighted by Gasteiger charge is 2.46. The number of nitrogens with zero attached hydrogens (tertiary/aromatic N) is 5. The Morgan fingerprint density at radius 1 is 0.558 bits per heavy atom. The van der Waals surface area contributed by atoms with Crippen LogP contribution < -0.4 is 14.7 Å². The number of fused-ring (bicyclic) bond motifs is 6. The molecule has 256 valence electrons. The van der Waals surface area contributed by atoms with Gasteiger partial charge in [-0.25, -0.2) is 0 Å². The Kier molecular flexibility index (Phi) is 6.54. The molecule has 4 heterocycles. The first-order valence-electron chi connectivity index (χ1n) is 18.4. The largest absolute Gasteiger partial charge is 0.361 e. The third kappa shape index (κ3) is 4.29. The number of benzene rings is 6. The lowest BCUT2D eigenvalue weighted by Crippen LogP contribution is -2.36. The monoisotopic (exact) mass is 677 g/mol. The maximum absolute atomic E-state index is 2.55. The molecule has 0 aliphatic carbocycles. The van der Waals surface area contributed by atoms with Crippen LogP contribution in [-0.2, 0) is 10.8 Å². The zero-order valence-electron chi connectivity index (χ0n) is 30.5. The molecule has 5 nitrogen and oxygen atoms in total. The van der Waals surface area contributed by atoms with Gasteiger partial charge in [0.05, 0.1) is 46.8 Å². The van der Waals surface area contributed by atoms with Crippen LogP contribution in [0.15, 0.2) is 146 Å². The van der Waals surface area contributed by atoms with Crippen LogP contribution >= 0.6 is 0 Å². The average Bonchev–Trinajstić information content (AvgIpc) is 3.86. The second kappa shape index (κ2) is 11.0. The fourth-order valence-electron chi connectivity index (χ4n) is 9.11. The summed E-state index contributed by atoms with van der Waals surface area (Å²) in [5.41, 5.74) is 14.5. The van der Waals surface area contributed by atoms with Crippen LogP contribution in [0.4, 0.5) is 22.7 Å². The van der Waals surface area contributed by atoms with E-state index in [4.69, 9.17) is 0 Å². The maximum Gasteiger partial charge on any atom is 0.0950 e. The third-order valence-corrected chi connectivity index (χ3v) is 11.6. The van der Waals surface area contributed by atoms with Crippen molar-refractivity contribution in [1.29, 1.82) is 0 Å². The summed E-state index contributed by atoms with van der Waals surface area (Å²) in [6.45, 7) is 8.54. The quantitative estimate of drug-likeness (QED) is 0.184. The Bertz CT molecular complexity index is 2570. The Hall–Kier alpha value is -5.94. The van der Waals surface area contributed by atoms with Gasteiger partial charge in [0.2, 0.25) is 0 Å². The molecule has 0 amide bonds. The first-order valence-corrected chi connectivity index (χ1v) is 18.4. The summed E-state index contributed by atoms with van der Waals surface area (Å²) in [6.07, 6.45) is 4.35. The van der Waals surface area contributed by atoms with E-state index in [1.807, 2.05) is 0 Å². The van der Waals surface area contributed by atoms with Gasteiger partial charge >= 0.3 is 0 Å². The highest BCUT2D eigenvalue weighted by Crippen LogP contribution is 2.56. The highest BCUT2D eigenvalue weighted by molar-refractivity contribution is 6.12. The number of hydrogen-bond acceptors (Lipinski definition) is 4. The van der Waals surface area contributed by atoms with Gasteiger partial charge in [-0.05, 0) is 87.8 Å². The molecule has 0 saturated carbocycles. The van der Waals surface area contributed by atoms with Crippen LogP contribution in [0.1, 0.15) is 48.6 Å². The van der Waals surface area contributed by atoms with Crippen LogP contribution in [0.2, 0.25) is 0 Å². The zero-order chi connectivity index (χ0) is 35.4. The van der Waals surface area contributed by atoms with E-state index in [0.717, 1.165) is 13.3 Å². The van der Waals surface area contributed by atoms with Gasteiger partial charge < -0.3 is 24.2 Å². The summed E-state index contributed by atoms with van der Waals surface area (Å²) < 4.78 is 2.55. The molecular weight excluding hydrogens is 635 g/mol. The van der Waals surface area contributed by atoms with Crippen LogP contribution in [-0.4, -0.2) is 36.9 Å². The molecule has 3 aliphatic rings. The predicted octanol–water partition coefficient (Wildman–Crippen LogP) is 10.5. The Morgan fingerprint density at radius 2 is 1.33 bits per heavy atom. The first kappa shape index (κ1) is 30.8. The molecule has 0 N–H and O–H groups in total. The number of hydrogen-bond donors (Lipinski definition) is 0. The lowest BCUT2D eigenvalue weighted by Gasteiger charge is -2.42. The molecular formula is C47H43N5. The Balaban J connectivity index is 1.32. The van der Waals surface area contributed by atoms with Crippen molar-refractivity contribution >= 4 is 44.6 Å². The van der Waals surface area contributed by atoms with Gasteiger partial charge in [0.25, 0.3) is 0 Å². The van der Waals surface area contributed by atoms with Gasteiger partial charge in [0.15, 0.2) is 0 Å². The normalized spacial score (nSPS) is 17.8. The minimum absolute atomic E-state index is 0.0418. The molecule has 5 heteroatoms. The lowest BCUT2D eigenvalue weighted by molar-refractivity contribution is 0.495. The minimum Gasteiger partial charge on any atom is -0.361 e. The number of rotatable bonds is 4. The smallest absolute Gasteiger partial charge is 0.0950 e. The van der Waals surface area contributed by atoms with Gasteiger partial charge in [0.1, 0.15) is 0 Å². The SMILES string of the molecule is CN1C=CN(c2ccc3c(c2)C(c2ccccc2)(c2cccc(N4CN(C)c5ccccc54)c2)c2cccc4c5cc(C(C)(C)C)ccc5n-3c24)C1. The van der Waals surface area contributed by atoms with Crippen LogP contribution in [0.5, 0.6) is 0 Å². The molecule has 0 bridgehead atoms. The van der Waals surface area contributed by atoms with Crippen molar-refractivity contribution < 1.29 is 0 Å². The zero-order valence-corrected chi connectivity index (χ0v) is 30.5. The van der Waals surface area contributed by atoms with Gasteiger partial charge in [-0.15, -0.1) is 0 Å². The van der Waals surface area contributed by atoms with Crippen molar-refractivity contribution in [2.24, 2.45) is 0 Å². The van der Waals surface area contributed by atoms with E-state index in [1.54, 1.807) is 0 Å². The molecule has 0 spiro atoms. The molecule has 1 unspecified atom stereocenters. The fraction of sp³-hybridized carbons (Fsp3) is 0.191. The van der Waals surface area contributed by atoms with Crippen molar-refractivity contribution in [2.45, 2.75) is 31.6 Å². The summed E-state index contributed by atoms with van der Waals surface area (Å²) in [4.78, 5) is 9.36. The van der Waals surface area contributed by atoms with E-state index in [9.17, 15) is 0 Å². The van der Waals surface area contributed by atoms with Gasteiger partial charge in [-0.1, -0.05) is 99.6 Å². The summed E-state index contributed by atoms with van der Waals surface area (Å²) in [7, 11) is 4.31. The topological polar surface area (TPSA) is 17.9 Å². The van der Waals surface area contributed by atoms with Crippen molar-refractivity contribution in [3.05, 3.63) is 174 Å². The summed E-state index contributed by atoms with van der Waals surface area (Å²) in [5.74, 6) is 0. The van der Waals surface area contributed by atoms with E-state index in [0.29, 0.717) is 0 Å². The second-order valence-electron chi connectivity index (χ2n) is 15.8. The molecule has 6 aromatic carbocycles. The molecule has 1 aromatic heterocycles. The molecule has 10 rings (SSSR count). The molecule has 52 heavy (non-hydrogen) atoms. The standard InChI is InChI=1S/C47H43N5/c1-46(2,3)33-21-23-41-38(28-33)37-17-12-18-39-45(37)52(41)42-24-22-35(50-26-25-48(4)30-50)29-40(42)47(39,32-13-7-6-8-14-32)34-15-11-16-36(27-34)51-31-49(5)43-19-9-10-20-44(43)51/h6-29H,30-31H2,1-5H3. The molecule has 0 fully saturated rings. The summed E-state index contributed by atoms with van der Waals surface area (Å²) in [6, 6.07) is 50.6. The van der Waals surface area contributed by atoms with E-state index >= 15 is 0 Å². The molecule has 7 aromatic rings. The minimum atomic E-state index is -0.597. The van der Waals surface area contributed by atoms with E-state index < -0.39 is 5.41 Å². The molecule has 1 atom stereocenters. The second-order valence-corrected chi connectivity index (χ2v) is 15.8. The Morgan fingerprint density at radius 3 is 2.12 bits per heavy atom. The van der Waals surface area contributed by atoms with Crippen LogP contribution in [0.3, 0.4) is 0 Å². The fourth-order valence-corrected chi connectivity index (χ4v) is 9.11. The van der Waals surface area contributed by atoms with Crippen LogP contribution in [0, 0.1) is 0 Å². The van der Waals surface area contributed by atoms with Crippen molar-refractivity contribution in [3.63, 3.8) is 0 Å². The van der Waals surface area contributed by atoms with Gasteiger partial charge in [-0.3, -0.25) is 0 Å². The van der Waals surface area contributed by atoms with Crippen molar-refractivity contribution in [1.82, 2.24) is 9.47 Å². The van der Waals surface area contributed by atoms with Crippen LogP contribution in [0.25, 0.3) is 27.5 Å². The third-order valence-electron chi connectivity index (χ3n) is 11.6. The number of para-hydroxylation sites is 3. The summed E-state index contributed by atoms with van der Waals surface area (Å²) >= 11 is 0. The summed E-state index contributed by atoms with van der Waals surface area (Å²) in [5, 5.41) is 2.60. The van der Waals surface area contributed by atoms with Gasteiger partial charge in [0, 0.05) is 48.6 Å². The molecule has 0 radical (unpaired) electrons. The van der Waals surface area contributed by atoms with E-state index in [2.05, 4.69) is 205 Å². The van der Waals surface area contributed by atoms with Gasteiger partial charge in [-0.2, -0.15) is 0 Å². The van der Waals surface area contributed by atoms with E-state index in [1.165, 1.54) is 78.1 Å². The molecule has 0 saturated heterocycles. The average molecular weight is 678 g/mol. The highest BCUT2D eigenvalue weighted by atomic mass is 15.4.